The van der Waals surface area contributed by atoms with Crippen LogP contribution in [0, 0.1) is 0 Å². The van der Waals surface area contributed by atoms with Crippen LogP contribution in [0.1, 0.15) is 5.56 Å². The summed E-state index contributed by atoms with van der Waals surface area (Å²) in [5.41, 5.74) is 1.20. The first-order valence-electron chi connectivity index (χ1n) is 8.02. The van der Waals surface area contributed by atoms with Crippen LogP contribution in [0.4, 0.5) is 11.4 Å². The van der Waals surface area contributed by atoms with E-state index in [0.29, 0.717) is 23.4 Å². The molecular formula is C16H14ClN3O6S2. The lowest BCUT2D eigenvalue weighted by atomic mass is 10.2. The zero-order valence-electron chi connectivity index (χ0n) is 14.2. The lowest BCUT2D eigenvalue weighted by Gasteiger charge is -2.23. The number of sulfonamides is 2. The monoisotopic (exact) mass is 443 g/mol. The molecular weight excluding hydrogens is 430 g/mol. The number of nitrogens with one attached hydrogen (secondary N) is 1. The molecule has 2 aromatic carbocycles. The van der Waals surface area contributed by atoms with Gasteiger partial charge in [-0.3, -0.25) is 9.10 Å². The molecule has 0 unspecified atom stereocenters. The second-order valence-electron chi connectivity index (χ2n) is 6.28. The van der Waals surface area contributed by atoms with Gasteiger partial charge in [0, 0.05) is 12.6 Å². The molecule has 0 fully saturated rings. The summed E-state index contributed by atoms with van der Waals surface area (Å²) in [5.74, 6) is -0.162. The number of carbonyl (C=O) groups excluding carboxylic acids is 1. The lowest BCUT2D eigenvalue weighted by Crippen LogP contribution is -2.30. The van der Waals surface area contributed by atoms with Crippen LogP contribution in [0.15, 0.2) is 40.1 Å². The number of ether oxygens (including phenoxy) is 1. The van der Waals surface area contributed by atoms with Gasteiger partial charge >= 0.3 is 0 Å². The Bertz CT molecular complexity index is 1230. The third-order valence-electron chi connectivity index (χ3n) is 4.47. The van der Waals surface area contributed by atoms with Gasteiger partial charge in [0.25, 0.3) is 15.9 Å². The van der Waals surface area contributed by atoms with Crippen LogP contribution >= 0.6 is 11.6 Å². The molecule has 4 rings (SSSR count). The summed E-state index contributed by atoms with van der Waals surface area (Å²) in [5, 5.41) is 7.63. The van der Waals surface area contributed by atoms with Crippen LogP contribution < -0.4 is 19.5 Å². The average molecular weight is 444 g/mol. The van der Waals surface area contributed by atoms with E-state index in [2.05, 4.69) is 5.32 Å². The van der Waals surface area contributed by atoms with E-state index in [0.717, 1.165) is 4.31 Å². The van der Waals surface area contributed by atoms with E-state index in [1.165, 1.54) is 30.3 Å². The van der Waals surface area contributed by atoms with Crippen LogP contribution in [0.3, 0.4) is 0 Å². The molecule has 2 aromatic rings. The molecule has 0 radical (unpaired) electrons. The highest BCUT2D eigenvalue weighted by atomic mass is 35.5. The van der Waals surface area contributed by atoms with Gasteiger partial charge in [-0.1, -0.05) is 11.6 Å². The number of anilines is 2. The Hall–Kier alpha value is -2.34. The molecule has 0 aliphatic carbocycles. The van der Waals surface area contributed by atoms with Gasteiger partial charge in [-0.15, -0.1) is 0 Å². The maximum absolute atomic E-state index is 13.2. The van der Waals surface area contributed by atoms with Gasteiger partial charge in [-0.2, -0.15) is 0 Å². The third-order valence-corrected chi connectivity index (χ3v) is 7.66. The predicted octanol–water partition coefficient (Wildman–Crippen LogP) is 1.07. The molecule has 0 atom stereocenters. The highest BCUT2D eigenvalue weighted by Gasteiger charge is 2.34. The zero-order valence-corrected chi connectivity index (χ0v) is 16.6. The molecule has 2 heterocycles. The van der Waals surface area contributed by atoms with Crippen molar-refractivity contribution in [3.63, 3.8) is 0 Å². The second-order valence-corrected chi connectivity index (χ2v) is 10.1. The Labute approximate surface area is 166 Å². The number of benzene rings is 2. The molecule has 28 heavy (non-hydrogen) atoms. The van der Waals surface area contributed by atoms with Gasteiger partial charge < -0.3 is 10.1 Å². The van der Waals surface area contributed by atoms with Crippen LogP contribution in [-0.2, 0) is 31.3 Å². The maximum atomic E-state index is 13.2. The number of rotatable bonds is 3. The van der Waals surface area contributed by atoms with E-state index in [-0.39, 0.29) is 39.6 Å². The molecule has 0 saturated heterocycles. The molecule has 0 bridgehead atoms. The highest BCUT2D eigenvalue weighted by molar-refractivity contribution is 7.93. The third kappa shape index (κ3) is 3.09. The average Bonchev–Trinajstić information content (AvgIpc) is 3.04. The second kappa shape index (κ2) is 6.34. The number of halogens is 1. The Morgan fingerprint density at radius 3 is 2.61 bits per heavy atom. The van der Waals surface area contributed by atoms with E-state index >= 15 is 0 Å². The number of amides is 1. The van der Waals surface area contributed by atoms with Crippen LogP contribution in [0.25, 0.3) is 0 Å². The molecule has 0 saturated carbocycles. The molecule has 0 aromatic heterocycles. The Balaban J connectivity index is 1.77. The number of fused-ring (bicyclic) bond motifs is 2. The van der Waals surface area contributed by atoms with Crippen molar-refractivity contribution in [2.75, 3.05) is 22.8 Å². The standard InChI is InChI=1S/C16H14ClN3O6S2/c17-11-6-12-14(26-8-16(21)19-12)7-15(11)28(24,25)20-4-3-9-5-10(27(18,22)23)1-2-13(9)20/h1-2,5-7H,3-4,8H2,(H,19,21)(H2,18,22,23). The first-order chi connectivity index (χ1) is 13.1. The van der Waals surface area contributed by atoms with Crippen LogP contribution in [0.2, 0.25) is 5.02 Å². The van der Waals surface area contributed by atoms with Crippen molar-refractivity contribution in [3.05, 3.63) is 40.9 Å². The van der Waals surface area contributed by atoms with E-state index in [1.807, 2.05) is 0 Å². The van der Waals surface area contributed by atoms with Crippen molar-refractivity contribution in [1.82, 2.24) is 0 Å². The minimum atomic E-state index is -4.05. The van der Waals surface area contributed by atoms with Crippen molar-refractivity contribution in [2.24, 2.45) is 5.14 Å². The summed E-state index contributed by atoms with van der Waals surface area (Å²) in [6.07, 6.45) is 0.326. The number of primary sulfonamides is 1. The molecule has 2 aliphatic heterocycles. The van der Waals surface area contributed by atoms with Crippen molar-refractivity contribution in [3.8, 4) is 5.75 Å². The minimum absolute atomic E-state index is 0.0702. The van der Waals surface area contributed by atoms with Crippen LogP contribution in [-0.4, -0.2) is 35.9 Å². The van der Waals surface area contributed by atoms with Gasteiger partial charge in [0.1, 0.15) is 10.6 Å². The van der Waals surface area contributed by atoms with Crippen molar-refractivity contribution in [1.29, 1.82) is 0 Å². The number of hydrogen-bond donors (Lipinski definition) is 2. The Morgan fingerprint density at radius 1 is 1.14 bits per heavy atom. The van der Waals surface area contributed by atoms with E-state index < -0.39 is 20.0 Å². The first kappa shape index (κ1) is 19.0. The number of nitrogens with zero attached hydrogens (tertiary/aromatic N) is 1. The SMILES string of the molecule is NS(=O)(=O)c1ccc2c(c1)CCN2S(=O)(=O)c1cc2c(cc1Cl)NC(=O)CO2. The quantitative estimate of drug-likeness (QED) is 0.728. The van der Waals surface area contributed by atoms with Gasteiger partial charge in [-0.05, 0) is 36.2 Å². The summed E-state index contributed by atoms with van der Waals surface area (Å²) in [4.78, 5) is 11.2. The zero-order chi connectivity index (χ0) is 20.3. The van der Waals surface area contributed by atoms with Gasteiger partial charge in [0.15, 0.2) is 6.61 Å². The lowest BCUT2D eigenvalue weighted by molar-refractivity contribution is -0.118. The number of carbonyl (C=O) groups is 1. The number of nitrogens with two attached hydrogens (primary N) is 1. The number of hydrogen-bond acceptors (Lipinski definition) is 6. The maximum Gasteiger partial charge on any atom is 0.265 e. The van der Waals surface area contributed by atoms with E-state index in [4.69, 9.17) is 21.5 Å². The van der Waals surface area contributed by atoms with Crippen molar-refractivity contribution in [2.45, 2.75) is 16.2 Å². The fourth-order valence-electron chi connectivity index (χ4n) is 3.17. The Kier molecular flexibility index (Phi) is 4.30. The molecule has 2 aliphatic rings. The molecule has 1 amide bonds. The summed E-state index contributed by atoms with van der Waals surface area (Å²) >= 11 is 6.18. The Morgan fingerprint density at radius 2 is 1.89 bits per heavy atom. The molecule has 9 nitrogen and oxygen atoms in total. The van der Waals surface area contributed by atoms with Crippen molar-refractivity contribution >= 4 is 48.9 Å². The largest absolute Gasteiger partial charge is 0.482 e. The minimum Gasteiger partial charge on any atom is -0.482 e. The summed E-state index contributed by atoms with van der Waals surface area (Å²) in [6.45, 7) is -0.103. The molecule has 3 N–H and O–H groups in total. The molecule has 148 valence electrons. The van der Waals surface area contributed by atoms with E-state index in [9.17, 15) is 21.6 Å². The van der Waals surface area contributed by atoms with Gasteiger partial charge in [0.05, 0.1) is 21.3 Å². The van der Waals surface area contributed by atoms with Crippen LogP contribution in [0.5, 0.6) is 5.75 Å². The summed E-state index contributed by atoms with van der Waals surface area (Å²) in [7, 11) is -7.94. The molecule has 0 spiro atoms. The smallest absolute Gasteiger partial charge is 0.265 e. The summed E-state index contributed by atoms with van der Waals surface area (Å²) < 4.78 is 55.9. The summed E-state index contributed by atoms with van der Waals surface area (Å²) in [6, 6.07) is 6.62. The molecule has 12 heteroatoms. The highest BCUT2D eigenvalue weighted by Crippen LogP contribution is 2.40. The predicted molar refractivity (Wildman–Crippen MR) is 102 cm³/mol. The topological polar surface area (TPSA) is 136 Å². The first-order valence-corrected chi connectivity index (χ1v) is 11.4. The fourth-order valence-corrected chi connectivity index (χ4v) is 5.76. The fraction of sp³-hybridized carbons (Fsp3) is 0.188. The van der Waals surface area contributed by atoms with Crippen molar-refractivity contribution < 1.29 is 26.4 Å². The van der Waals surface area contributed by atoms with E-state index in [1.54, 1.807) is 0 Å². The van der Waals surface area contributed by atoms with Gasteiger partial charge in [0.2, 0.25) is 10.0 Å². The normalized spacial score (nSPS) is 16.2. The van der Waals surface area contributed by atoms with Gasteiger partial charge in [-0.25, -0.2) is 22.0 Å².